The lowest BCUT2D eigenvalue weighted by atomic mass is 9.83. The third-order valence-corrected chi connectivity index (χ3v) is 5.67. The lowest BCUT2D eigenvalue weighted by molar-refractivity contribution is -0.146. The van der Waals surface area contributed by atoms with Crippen molar-refractivity contribution in [2.75, 3.05) is 27.7 Å². The van der Waals surface area contributed by atoms with Crippen molar-refractivity contribution in [3.05, 3.63) is 29.8 Å². The van der Waals surface area contributed by atoms with Gasteiger partial charge >= 0.3 is 0 Å². The Kier molecular flexibility index (Phi) is 9.24. The topological polar surface area (TPSA) is 75.9 Å². The summed E-state index contributed by atoms with van der Waals surface area (Å²) in [7, 11) is 5.23. The molecule has 2 rings (SSSR count). The molecule has 7 heteroatoms. The molecular weight excluding hydrogens is 378 g/mol. The van der Waals surface area contributed by atoms with Crippen LogP contribution in [0.15, 0.2) is 24.3 Å². The maximum Gasteiger partial charge on any atom is 0.227 e. The molecule has 1 saturated heterocycles. The number of likely N-dealkylation sites (tertiary alicyclic amines) is 1. The molecule has 2 N–H and O–H groups in total. The number of methoxy groups -OCH3 is 1. The monoisotopic (exact) mass is 411 g/mol. The van der Waals surface area contributed by atoms with Crippen LogP contribution in [0.3, 0.4) is 0 Å². The van der Waals surface area contributed by atoms with Gasteiger partial charge in [0.15, 0.2) is 0 Å². The van der Waals surface area contributed by atoms with E-state index in [-0.39, 0.29) is 42.2 Å². The van der Waals surface area contributed by atoms with E-state index in [2.05, 4.69) is 13.8 Å². The van der Waals surface area contributed by atoms with Crippen molar-refractivity contribution >= 4 is 24.2 Å². The molecule has 28 heavy (non-hydrogen) atoms. The molecule has 1 fully saturated rings. The third-order valence-electron chi connectivity index (χ3n) is 5.67. The molecule has 0 radical (unpaired) electrons. The predicted octanol–water partition coefficient (Wildman–Crippen LogP) is 2.86. The number of nitrogens with two attached hydrogens (primary N) is 1. The molecule has 0 bridgehead atoms. The van der Waals surface area contributed by atoms with E-state index in [9.17, 15) is 9.59 Å². The summed E-state index contributed by atoms with van der Waals surface area (Å²) in [5.74, 6) is 1.04. The smallest absolute Gasteiger partial charge is 0.227 e. The van der Waals surface area contributed by atoms with Crippen LogP contribution in [0.5, 0.6) is 5.75 Å². The summed E-state index contributed by atoms with van der Waals surface area (Å²) in [5, 5.41) is 0. The highest BCUT2D eigenvalue weighted by molar-refractivity contribution is 5.85. The number of hydrogen-bond donors (Lipinski definition) is 1. The quantitative estimate of drug-likeness (QED) is 0.748. The fourth-order valence-electron chi connectivity index (χ4n) is 3.62. The zero-order valence-corrected chi connectivity index (χ0v) is 18.4. The predicted molar refractivity (Wildman–Crippen MR) is 114 cm³/mol. The molecule has 0 spiro atoms. The minimum atomic E-state index is -0.258. The fourth-order valence-corrected chi connectivity index (χ4v) is 3.62. The first-order chi connectivity index (χ1) is 12.8. The molecule has 1 heterocycles. The van der Waals surface area contributed by atoms with Crippen molar-refractivity contribution in [2.24, 2.45) is 17.6 Å². The maximum atomic E-state index is 13.2. The van der Waals surface area contributed by atoms with Gasteiger partial charge in [0.05, 0.1) is 19.1 Å². The zero-order valence-electron chi connectivity index (χ0n) is 17.6. The minimum absolute atomic E-state index is 0. The number of benzene rings is 1. The van der Waals surface area contributed by atoms with Crippen molar-refractivity contribution in [1.29, 1.82) is 0 Å². The van der Waals surface area contributed by atoms with Crippen molar-refractivity contribution in [3.63, 3.8) is 0 Å². The molecule has 1 aromatic carbocycles. The standard InChI is InChI=1S/C21H33N3O3.ClH/c1-14(2)18(22)12-13-23(3)21(26)17-10-11-19(25)24(4)20(17)15-6-8-16(27-5)9-7-15;/h6-9,14,17-18,20H,10-13,22H2,1-5H3;1H. The van der Waals surface area contributed by atoms with Crippen molar-refractivity contribution in [1.82, 2.24) is 9.80 Å². The minimum Gasteiger partial charge on any atom is -0.497 e. The van der Waals surface area contributed by atoms with Gasteiger partial charge in [-0.3, -0.25) is 9.59 Å². The summed E-state index contributed by atoms with van der Waals surface area (Å²) in [6, 6.07) is 7.44. The highest BCUT2D eigenvalue weighted by Gasteiger charge is 2.39. The van der Waals surface area contributed by atoms with Gasteiger partial charge in [0.2, 0.25) is 11.8 Å². The van der Waals surface area contributed by atoms with E-state index < -0.39 is 0 Å². The number of hydrogen-bond acceptors (Lipinski definition) is 4. The van der Waals surface area contributed by atoms with Gasteiger partial charge in [-0.2, -0.15) is 0 Å². The Bertz CT molecular complexity index is 651. The molecule has 0 aromatic heterocycles. The molecule has 2 amide bonds. The largest absolute Gasteiger partial charge is 0.497 e. The van der Waals surface area contributed by atoms with E-state index in [1.165, 1.54) is 0 Å². The summed E-state index contributed by atoms with van der Waals surface area (Å²) >= 11 is 0. The van der Waals surface area contributed by atoms with E-state index in [4.69, 9.17) is 10.5 Å². The van der Waals surface area contributed by atoms with Gasteiger partial charge < -0.3 is 20.3 Å². The summed E-state index contributed by atoms with van der Waals surface area (Å²) in [6.07, 6.45) is 1.74. The van der Waals surface area contributed by atoms with Crippen molar-refractivity contribution < 1.29 is 14.3 Å². The number of piperidine rings is 1. The molecule has 1 aromatic rings. The van der Waals surface area contributed by atoms with Crippen LogP contribution >= 0.6 is 12.4 Å². The molecule has 1 aliphatic rings. The molecule has 158 valence electrons. The number of rotatable bonds is 7. The second kappa shape index (κ2) is 10.7. The van der Waals surface area contributed by atoms with Crippen LogP contribution in [0.4, 0.5) is 0 Å². The van der Waals surface area contributed by atoms with Crippen molar-refractivity contribution in [2.45, 2.75) is 45.2 Å². The normalized spacial score (nSPS) is 20.5. The van der Waals surface area contributed by atoms with E-state index in [0.717, 1.165) is 17.7 Å². The first-order valence-electron chi connectivity index (χ1n) is 9.66. The maximum absolute atomic E-state index is 13.2. The number of nitrogens with zero attached hydrogens (tertiary/aromatic N) is 2. The molecular formula is C21H34ClN3O3. The highest BCUT2D eigenvalue weighted by atomic mass is 35.5. The van der Waals surface area contributed by atoms with Crippen LogP contribution < -0.4 is 10.5 Å². The van der Waals surface area contributed by atoms with Crippen LogP contribution in [-0.4, -0.2) is 55.4 Å². The average Bonchev–Trinajstić information content (AvgIpc) is 2.67. The van der Waals surface area contributed by atoms with Gasteiger partial charge in [-0.15, -0.1) is 12.4 Å². The number of ether oxygens (including phenoxy) is 1. The molecule has 3 unspecified atom stereocenters. The number of carbonyl (C=O) groups is 2. The zero-order chi connectivity index (χ0) is 20.1. The third kappa shape index (κ3) is 5.61. The first kappa shape index (κ1) is 24.2. The van der Waals surface area contributed by atoms with Crippen LogP contribution in [0.2, 0.25) is 0 Å². The lowest BCUT2D eigenvalue weighted by Crippen LogP contribution is -2.47. The summed E-state index contributed by atoms with van der Waals surface area (Å²) < 4.78 is 5.22. The van der Waals surface area contributed by atoms with Gasteiger partial charge in [-0.1, -0.05) is 26.0 Å². The Balaban J connectivity index is 0.00000392. The van der Waals surface area contributed by atoms with Crippen molar-refractivity contribution in [3.8, 4) is 5.75 Å². The Hall–Kier alpha value is -1.79. The van der Waals surface area contributed by atoms with Gasteiger partial charge in [0.25, 0.3) is 0 Å². The van der Waals surface area contributed by atoms with E-state index in [0.29, 0.717) is 25.3 Å². The summed E-state index contributed by atoms with van der Waals surface area (Å²) in [4.78, 5) is 28.9. The molecule has 0 aliphatic carbocycles. The molecule has 0 saturated carbocycles. The van der Waals surface area contributed by atoms with E-state index >= 15 is 0 Å². The van der Waals surface area contributed by atoms with Crippen LogP contribution in [-0.2, 0) is 9.59 Å². The second-order valence-corrected chi connectivity index (χ2v) is 7.82. The van der Waals surface area contributed by atoms with Crippen LogP contribution in [0.25, 0.3) is 0 Å². The van der Waals surface area contributed by atoms with E-state index in [1.807, 2.05) is 31.3 Å². The average molecular weight is 412 g/mol. The summed E-state index contributed by atoms with van der Waals surface area (Å²) in [5.41, 5.74) is 7.08. The fraction of sp³-hybridized carbons (Fsp3) is 0.619. The lowest BCUT2D eigenvalue weighted by Gasteiger charge is -2.40. The van der Waals surface area contributed by atoms with Gasteiger partial charge in [-0.05, 0) is 36.5 Å². The molecule has 3 atom stereocenters. The Morgan fingerprint density at radius 3 is 2.46 bits per heavy atom. The highest BCUT2D eigenvalue weighted by Crippen LogP contribution is 2.37. The Morgan fingerprint density at radius 2 is 1.93 bits per heavy atom. The second-order valence-electron chi connectivity index (χ2n) is 7.82. The number of halogens is 1. The van der Waals surface area contributed by atoms with Gasteiger partial charge in [0, 0.05) is 33.1 Å². The van der Waals surface area contributed by atoms with E-state index in [1.54, 1.807) is 24.0 Å². The molecule has 6 nitrogen and oxygen atoms in total. The van der Waals surface area contributed by atoms with Crippen LogP contribution in [0.1, 0.15) is 44.7 Å². The molecule has 1 aliphatic heterocycles. The number of amides is 2. The summed E-state index contributed by atoms with van der Waals surface area (Å²) in [6.45, 7) is 4.81. The Labute approximate surface area is 174 Å². The first-order valence-corrected chi connectivity index (χ1v) is 9.66. The van der Waals surface area contributed by atoms with Gasteiger partial charge in [0.1, 0.15) is 5.75 Å². The van der Waals surface area contributed by atoms with Gasteiger partial charge in [-0.25, -0.2) is 0 Å². The number of carbonyl (C=O) groups excluding carboxylic acids is 2. The SMILES string of the molecule is COc1ccc(C2C(C(=O)N(C)CCC(N)C(C)C)CCC(=O)N2C)cc1.Cl. The Morgan fingerprint density at radius 1 is 1.32 bits per heavy atom. The van der Waals surface area contributed by atoms with Crippen LogP contribution in [0, 0.1) is 11.8 Å².